The standard InChI is InChI=1S/C15H22N2O/c1-2-10-17-11-6-9-14(17)15(18)16-12-13-7-4-3-5-8-13/h3-5,7-8,14H,2,6,9-12H2,1H3,(H,16,18)/t14-/m1/s1. The normalized spacial score (nSPS) is 19.9. The first-order valence-electron chi connectivity index (χ1n) is 6.87. The predicted octanol–water partition coefficient (Wildman–Crippen LogP) is 2.18. The third kappa shape index (κ3) is 3.33. The molecule has 1 atom stereocenters. The largest absolute Gasteiger partial charge is 0.351 e. The Kier molecular flexibility index (Phi) is 4.76. The Labute approximate surface area is 109 Å². The maximum atomic E-state index is 12.2. The molecule has 1 saturated heterocycles. The summed E-state index contributed by atoms with van der Waals surface area (Å²) in [6.45, 7) is 4.90. The summed E-state index contributed by atoms with van der Waals surface area (Å²) in [6.07, 6.45) is 3.26. The van der Waals surface area contributed by atoms with E-state index in [9.17, 15) is 4.79 Å². The fourth-order valence-electron chi connectivity index (χ4n) is 2.58. The van der Waals surface area contributed by atoms with Gasteiger partial charge in [-0.05, 0) is 37.9 Å². The number of nitrogens with zero attached hydrogens (tertiary/aromatic N) is 1. The van der Waals surface area contributed by atoms with Crippen molar-refractivity contribution in [2.45, 2.75) is 38.8 Å². The fourth-order valence-corrected chi connectivity index (χ4v) is 2.58. The van der Waals surface area contributed by atoms with E-state index in [1.807, 2.05) is 30.3 Å². The Hall–Kier alpha value is -1.35. The minimum Gasteiger partial charge on any atom is -0.351 e. The molecule has 1 aromatic rings. The fraction of sp³-hybridized carbons (Fsp3) is 0.533. The molecule has 0 saturated carbocycles. The number of likely N-dealkylation sites (tertiary alicyclic amines) is 1. The third-order valence-corrected chi connectivity index (χ3v) is 3.49. The second kappa shape index (κ2) is 6.55. The average Bonchev–Trinajstić information content (AvgIpc) is 2.86. The molecule has 0 spiro atoms. The van der Waals surface area contributed by atoms with Crippen LogP contribution in [0.2, 0.25) is 0 Å². The summed E-state index contributed by atoms with van der Waals surface area (Å²) in [4.78, 5) is 14.5. The van der Waals surface area contributed by atoms with Crippen LogP contribution in [0.3, 0.4) is 0 Å². The number of rotatable bonds is 5. The SMILES string of the molecule is CCCN1CCC[C@@H]1C(=O)NCc1ccccc1. The highest BCUT2D eigenvalue weighted by Crippen LogP contribution is 2.17. The number of carbonyl (C=O) groups excluding carboxylic acids is 1. The molecule has 1 aliphatic rings. The van der Waals surface area contributed by atoms with Gasteiger partial charge in [-0.25, -0.2) is 0 Å². The van der Waals surface area contributed by atoms with Crippen LogP contribution in [-0.4, -0.2) is 29.9 Å². The molecule has 0 aromatic heterocycles. The number of carbonyl (C=O) groups is 1. The smallest absolute Gasteiger partial charge is 0.237 e. The summed E-state index contributed by atoms with van der Waals surface area (Å²) in [7, 11) is 0. The number of hydrogen-bond donors (Lipinski definition) is 1. The molecular weight excluding hydrogens is 224 g/mol. The van der Waals surface area contributed by atoms with Crippen molar-refractivity contribution in [3.63, 3.8) is 0 Å². The van der Waals surface area contributed by atoms with Crippen molar-refractivity contribution in [1.82, 2.24) is 10.2 Å². The monoisotopic (exact) mass is 246 g/mol. The number of benzene rings is 1. The molecule has 0 bridgehead atoms. The van der Waals surface area contributed by atoms with E-state index < -0.39 is 0 Å². The maximum Gasteiger partial charge on any atom is 0.237 e. The van der Waals surface area contributed by atoms with Gasteiger partial charge in [0, 0.05) is 6.54 Å². The van der Waals surface area contributed by atoms with Crippen LogP contribution in [-0.2, 0) is 11.3 Å². The number of nitrogens with one attached hydrogen (secondary N) is 1. The van der Waals surface area contributed by atoms with E-state index in [0.717, 1.165) is 37.9 Å². The topological polar surface area (TPSA) is 32.3 Å². The summed E-state index contributed by atoms with van der Waals surface area (Å²) in [5, 5.41) is 3.05. The van der Waals surface area contributed by atoms with E-state index in [0.29, 0.717) is 6.54 Å². The number of hydrogen-bond acceptors (Lipinski definition) is 2. The molecule has 1 fully saturated rings. The van der Waals surface area contributed by atoms with Crippen LogP contribution in [0.4, 0.5) is 0 Å². The van der Waals surface area contributed by atoms with Crippen LogP contribution in [0.15, 0.2) is 30.3 Å². The van der Waals surface area contributed by atoms with Gasteiger partial charge in [0.05, 0.1) is 6.04 Å². The van der Waals surface area contributed by atoms with Crippen molar-refractivity contribution in [2.24, 2.45) is 0 Å². The van der Waals surface area contributed by atoms with Gasteiger partial charge in [0.25, 0.3) is 0 Å². The lowest BCUT2D eigenvalue weighted by molar-refractivity contribution is -0.125. The molecule has 3 nitrogen and oxygen atoms in total. The van der Waals surface area contributed by atoms with E-state index >= 15 is 0 Å². The van der Waals surface area contributed by atoms with Crippen LogP contribution in [0.25, 0.3) is 0 Å². The van der Waals surface area contributed by atoms with Crippen LogP contribution in [0.5, 0.6) is 0 Å². The summed E-state index contributed by atoms with van der Waals surface area (Å²) in [6, 6.07) is 10.2. The van der Waals surface area contributed by atoms with Crippen LogP contribution in [0, 0.1) is 0 Å². The molecule has 1 amide bonds. The van der Waals surface area contributed by atoms with Crippen molar-refractivity contribution < 1.29 is 4.79 Å². The molecule has 1 aliphatic heterocycles. The first-order valence-corrected chi connectivity index (χ1v) is 6.87. The highest BCUT2D eigenvalue weighted by Gasteiger charge is 2.29. The lowest BCUT2D eigenvalue weighted by atomic mass is 10.2. The van der Waals surface area contributed by atoms with Crippen LogP contribution < -0.4 is 5.32 Å². The van der Waals surface area contributed by atoms with E-state index in [1.54, 1.807) is 0 Å². The molecule has 1 heterocycles. The molecular formula is C15H22N2O. The predicted molar refractivity (Wildman–Crippen MR) is 73.2 cm³/mol. The molecule has 0 radical (unpaired) electrons. The van der Waals surface area contributed by atoms with Gasteiger partial charge in [-0.1, -0.05) is 37.3 Å². The number of amides is 1. The minimum absolute atomic E-state index is 0.0914. The van der Waals surface area contributed by atoms with Gasteiger partial charge in [-0.15, -0.1) is 0 Å². The van der Waals surface area contributed by atoms with Crippen LogP contribution in [0.1, 0.15) is 31.7 Å². The Balaban J connectivity index is 1.84. The molecule has 0 unspecified atom stereocenters. The van der Waals surface area contributed by atoms with E-state index in [4.69, 9.17) is 0 Å². The Morgan fingerprint density at radius 2 is 2.17 bits per heavy atom. The van der Waals surface area contributed by atoms with E-state index in [1.165, 1.54) is 0 Å². The van der Waals surface area contributed by atoms with Gasteiger partial charge >= 0.3 is 0 Å². The van der Waals surface area contributed by atoms with Crippen molar-refractivity contribution in [1.29, 1.82) is 0 Å². The second-order valence-electron chi connectivity index (χ2n) is 4.90. The van der Waals surface area contributed by atoms with Gasteiger partial charge in [0.2, 0.25) is 5.91 Å². The summed E-state index contributed by atoms with van der Waals surface area (Å²) >= 11 is 0. The highest BCUT2D eigenvalue weighted by molar-refractivity contribution is 5.82. The quantitative estimate of drug-likeness (QED) is 0.863. The lowest BCUT2D eigenvalue weighted by Crippen LogP contribution is -2.43. The first kappa shape index (κ1) is 13.1. The Bertz CT molecular complexity index is 377. The van der Waals surface area contributed by atoms with Gasteiger partial charge in [-0.3, -0.25) is 9.69 Å². The Morgan fingerprint density at radius 3 is 2.89 bits per heavy atom. The van der Waals surface area contributed by atoms with Crippen molar-refractivity contribution in [3.05, 3.63) is 35.9 Å². The zero-order chi connectivity index (χ0) is 12.8. The molecule has 0 aliphatic carbocycles. The molecule has 18 heavy (non-hydrogen) atoms. The van der Waals surface area contributed by atoms with Gasteiger partial charge in [0.15, 0.2) is 0 Å². The minimum atomic E-state index is 0.0914. The van der Waals surface area contributed by atoms with Gasteiger partial charge in [-0.2, -0.15) is 0 Å². The van der Waals surface area contributed by atoms with Gasteiger partial charge in [0.1, 0.15) is 0 Å². The van der Waals surface area contributed by atoms with Crippen molar-refractivity contribution >= 4 is 5.91 Å². The molecule has 2 rings (SSSR count). The molecule has 98 valence electrons. The summed E-state index contributed by atoms with van der Waals surface area (Å²) < 4.78 is 0. The van der Waals surface area contributed by atoms with Crippen molar-refractivity contribution in [2.75, 3.05) is 13.1 Å². The van der Waals surface area contributed by atoms with Crippen molar-refractivity contribution in [3.8, 4) is 0 Å². The second-order valence-corrected chi connectivity index (χ2v) is 4.90. The molecule has 3 heteroatoms. The van der Waals surface area contributed by atoms with E-state index in [-0.39, 0.29) is 11.9 Å². The average molecular weight is 246 g/mol. The summed E-state index contributed by atoms with van der Waals surface area (Å²) in [5.41, 5.74) is 1.16. The van der Waals surface area contributed by atoms with E-state index in [2.05, 4.69) is 17.1 Å². The molecule has 1 aromatic carbocycles. The molecule has 1 N–H and O–H groups in total. The zero-order valence-electron chi connectivity index (χ0n) is 11.1. The summed E-state index contributed by atoms with van der Waals surface area (Å²) in [5.74, 6) is 0.185. The maximum absolute atomic E-state index is 12.2. The lowest BCUT2D eigenvalue weighted by Gasteiger charge is -2.22. The van der Waals surface area contributed by atoms with Gasteiger partial charge < -0.3 is 5.32 Å². The zero-order valence-corrected chi connectivity index (χ0v) is 11.1. The highest BCUT2D eigenvalue weighted by atomic mass is 16.2. The van der Waals surface area contributed by atoms with Crippen LogP contribution >= 0.6 is 0 Å². The third-order valence-electron chi connectivity index (χ3n) is 3.49. The first-order chi connectivity index (χ1) is 8.81. The Morgan fingerprint density at radius 1 is 1.39 bits per heavy atom.